The summed E-state index contributed by atoms with van der Waals surface area (Å²) < 4.78 is 3.77. The number of pyridine rings is 1. The van der Waals surface area contributed by atoms with E-state index >= 15 is 0 Å². The highest BCUT2D eigenvalue weighted by Gasteiger charge is 2.42. The summed E-state index contributed by atoms with van der Waals surface area (Å²) in [6, 6.07) is 12.9. The Labute approximate surface area is 305 Å². The van der Waals surface area contributed by atoms with Crippen LogP contribution < -0.4 is 26.2 Å². The summed E-state index contributed by atoms with van der Waals surface area (Å²) in [5.41, 5.74) is 7.04. The molecule has 6 heterocycles. The zero-order valence-electron chi connectivity index (χ0n) is 30.1. The predicted octanol–water partition coefficient (Wildman–Crippen LogP) is 2.87. The summed E-state index contributed by atoms with van der Waals surface area (Å²) in [5, 5.41) is 28.3. The van der Waals surface area contributed by atoms with Gasteiger partial charge in [-0.15, -0.1) is 10.2 Å². The normalized spacial score (nSPS) is 15.4. The second-order valence-corrected chi connectivity index (χ2v) is 12.8. The van der Waals surface area contributed by atoms with Gasteiger partial charge in [-0.1, -0.05) is 25.1 Å². The van der Waals surface area contributed by atoms with Crippen molar-refractivity contribution in [3.8, 4) is 11.1 Å². The molecule has 4 N–H and O–H groups in total. The van der Waals surface area contributed by atoms with Gasteiger partial charge in [0.2, 0.25) is 0 Å². The first-order chi connectivity index (χ1) is 25.0. The van der Waals surface area contributed by atoms with Crippen molar-refractivity contribution in [3.05, 3.63) is 83.8 Å². The van der Waals surface area contributed by atoms with E-state index in [9.17, 15) is 9.59 Å². The van der Waals surface area contributed by atoms with Gasteiger partial charge in [0, 0.05) is 63.3 Å². The number of para-hydroxylation sites is 1. The average Bonchev–Trinajstić information content (AvgIpc) is 3.74. The Morgan fingerprint density at radius 1 is 0.981 bits per heavy atom. The van der Waals surface area contributed by atoms with Gasteiger partial charge in [-0.05, 0) is 44.1 Å². The molecule has 2 aliphatic rings. The van der Waals surface area contributed by atoms with Gasteiger partial charge in [-0.25, -0.2) is 4.98 Å². The Balaban J connectivity index is 0.00000150. The molecule has 4 aromatic heterocycles. The maximum Gasteiger partial charge on any atom is 0.273 e. The topological polar surface area (TPSA) is 163 Å². The number of nitrogens with zero attached hydrogens (tertiary/aromatic N) is 9. The van der Waals surface area contributed by atoms with Crippen LogP contribution in [0.3, 0.4) is 0 Å². The molecule has 0 bridgehead atoms. The third-order valence-corrected chi connectivity index (χ3v) is 9.20. The summed E-state index contributed by atoms with van der Waals surface area (Å²) in [6.07, 6.45) is 6.92. The largest absolute Gasteiger partial charge is 0.364 e. The number of nitrogens with one attached hydrogen (secondary N) is 4. The van der Waals surface area contributed by atoms with E-state index in [1.807, 2.05) is 50.6 Å². The number of fused-ring (bicyclic) bond motifs is 3. The van der Waals surface area contributed by atoms with E-state index in [0.29, 0.717) is 36.6 Å². The lowest BCUT2D eigenvalue weighted by Gasteiger charge is -2.50. The highest BCUT2D eigenvalue weighted by Crippen LogP contribution is 2.50. The molecule has 1 saturated heterocycles. The number of likely N-dealkylation sites (tertiary alicyclic amines) is 1. The number of benzene rings is 1. The van der Waals surface area contributed by atoms with Gasteiger partial charge in [-0.3, -0.25) is 19.0 Å². The van der Waals surface area contributed by atoms with Crippen LogP contribution in [-0.4, -0.2) is 109 Å². The minimum Gasteiger partial charge on any atom is -0.364 e. The molecule has 0 aliphatic carbocycles. The van der Waals surface area contributed by atoms with E-state index in [4.69, 9.17) is 20.8 Å². The fraction of sp³-hybridized carbons (Fsp3) is 0.343. The van der Waals surface area contributed by atoms with Crippen LogP contribution in [0.1, 0.15) is 57.8 Å². The van der Waals surface area contributed by atoms with Crippen molar-refractivity contribution in [2.75, 3.05) is 56.8 Å². The van der Waals surface area contributed by atoms with Crippen molar-refractivity contribution < 1.29 is 9.59 Å². The van der Waals surface area contributed by atoms with Crippen molar-refractivity contribution >= 4 is 56.5 Å². The maximum atomic E-state index is 12.9. The molecule has 7 rings (SSSR count). The molecule has 1 unspecified atom stereocenters. The van der Waals surface area contributed by atoms with Crippen LogP contribution in [0.25, 0.3) is 11.1 Å². The second kappa shape index (κ2) is 15.0. The fourth-order valence-electron chi connectivity index (χ4n) is 6.68. The second-order valence-electron chi connectivity index (χ2n) is 12.8. The van der Waals surface area contributed by atoms with Crippen molar-refractivity contribution in [3.63, 3.8) is 0 Å². The van der Waals surface area contributed by atoms with Crippen molar-refractivity contribution in [1.29, 1.82) is 0 Å². The number of amides is 1. The number of hydrogen-bond donors (Lipinski definition) is 4. The Morgan fingerprint density at radius 2 is 1.73 bits per heavy atom. The predicted molar refractivity (Wildman–Crippen MR) is 203 cm³/mol. The zero-order valence-corrected chi connectivity index (χ0v) is 30.1. The van der Waals surface area contributed by atoms with Crippen molar-refractivity contribution in [2.45, 2.75) is 30.8 Å². The molecule has 0 saturated carbocycles. The number of rotatable bonds is 10. The van der Waals surface area contributed by atoms with E-state index in [1.54, 1.807) is 42.2 Å². The third-order valence-electron chi connectivity index (χ3n) is 9.20. The lowest BCUT2D eigenvalue weighted by Crippen LogP contribution is -2.60. The SMILES string of the molecule is CNC.[B]C([B])(c1cccc(C=O)n1)N1CC(n2ncc3c2C(CC)N(C)c2c(Nc4cc(Nc5cnn(C)c5)nnc4C(=O)NC)cccc2-3)C1. The number of aldehydes is 1. The molecule has 1 amide bonds. The summed E-state index contributed by atoms with van der Waals surface area (Å²) in [4.78, 5) is 32.7. The van der Waals surface area contributed by atoms with E-state index in [1.165, 1.54) is 0 Å². The van der Waals surface area contributed by atoms with Crippen molar-refractivity contribution in [2.24, 2.45) is 7.05 Å². The van der Waals surface area contributed by atoms with E-state index in [0.717, 1.165) is 40.3 Å². The standard InChI is InChI=1S/C33H34B2N12O2.C2H7N/c1-5-26-31-23(14-38-47(31)21-16-46(17-21)33(34,35)27-11-6-8-19(18-48)39-27)22-9-7-10-24(30(22)45(26)4)41-25-12-28(40-20-13-37-44(3)15-20)42-43-29(25)32(49)36-2;1-3-2/h6-15,18,21,26H,5,16-17H2,1-4H3,(H,36,49)(H2,40,41,42);3H,1-2H3. The Kier molecular flexibility index (Phi) is 10.4. The smallest absolute Gasteiger partial charge is 0.273 e. The van der Waals surface area contributed by atoms with Crippen LogP contribution >= 0.6 is 0 Å². The lowest BCUT2D eigenvalue weighted by molar-refractivity contribution is 0.0614. The lowest BCUT2D eigenvalue weighted by atomic mass is 9.57. The van der Waals surface area contributed by atoms with E-state index in [2.05, 4.69) is 71.2 Å². The number of anilines is 5. The maximum absolute atomic E-state index is 12.9. The van der Waals surface area contributed by atoms with Gasteiger partial charge in [-0.2, -0.15) is 10.2 Å². The summed E-state index contributed by atoms with van der Waals surface area (Å²) in [6.45, 7) is 3.28. The first-order valence-corrected chi connectivity index (χ1v) is 16.9. The van der Waals surface area contributed by atoms with Crippen LogP contribution in [-0.2, 0) is 12.4 Å². The molecule has 1 atom stereocenters. The van der Waals surface area contributed by atoms with E-state index < -0.39 is 5.34 Å². The summed E-state index contributed by atoms with van der Waals surface area (Å²) in [7, 11) is 22.3. The molecule has 5 aromatic rings. The Morgan fingerprint density at radius 3 is 2.40 bits per heavy atom. The van der Waals surface area contributed by atoms with Crippen LogP contribution in [0.5, 0.6) is 0 Å². The molecular formula is C35H41B2N13O2. The fourth-order valence-corrected chi connectivity index (χ4v) is 6.68. The average molecular weight is 697 g/mol. The number of hydrogen-bond acceptors (Lipinski definition) is 12. The first-order valence-electron chi connectivity index (χ1n) is 16.9. The number of aryl methyl sites for hydroxylation is 1. The molecule has 0 spiro atoms. The van der Waals surface area contributed by atoms with Gasteiger partial charge >= 0.3 is 0 Å². The Hall–Kier alpha value is -5.54. The van der Waals surface area contributed by atoms with Crippen LogP contribution in [0, 0.1) is 0 Å². The van der Waals surface area contributed by atoms with Gasteiger partial charge in [0.15, 0.2) is 17.8 Å². The molecule has 1 fully saturated rings. The van der Waals surface area contributed by atoms with Gasteiger partial charge in [0.05, 0.1) is 68.6 Å². The van der Waals surface area contributed by atoms with Crippen LogP contribution in [0.2, 0.25) is 0 Å². The highest BCUT2D eigenvalue weighted by molar-refractivity contribution is 6.39. The van der Waals surface area contributed by atoms with Crippen LogP contribution in [0.4, 0.5) is 28.6 Å². The monoisotopic (exact) mass is 697 g/mol. The number of aromatic nitrogens is 7. The number of carbonyl (C=O) groups is 2. The minimum absolute atomic E-state index is 0.00485. The molecule has 52 heavy (non-hydrogen) atoms. The molecule has 264 valence electrons. The van der Waals surface area contributed by atoms with Crippen LogP contribution in [0.15, 0.2) is 61.1 Å². The molecule has 1 aromatic carbocycles. The quantitative estimate of drug-likeness (QED) is 0.125. The highest BCUT2D eigenvalue weighted by atomic mass is 16.1. The Bertz CT molecular complexity index is 2080. The summed E-state index contributed by atoms with van der Waals surface area (Å²) >= 11 is 0. The zero-order chi connectivity index (χ0) is 37.2. The molecule has 17 heteroatoms. The molecule has 4 radical (unpaired) electrons. The number of carbonyl (C=O) groups excluding carboxylic acids is 2. The minimum atomic E-state index is -1.33. The van der Waals surface area contributed by atoms with Crippen molar-refractivity contribution in [1.82, 2.24) is 50.3 Å². The molecule has 2 aliphatic heterocycles. The van der Waals surface area contributed by atoms with Gasteiger partial charge < -0.3 is 31.1 Å². The molecule has 15 nitrogen and oxygen atoms in total. The summed E-state index contributed by atoms with van der Waals surface area (Å²) in [5.74, 6) is 0.0915. The van der Waals surface area contributed by atoms with Gasteiger partial charge in [0.25, 0.3) is 5.91 Å². The third kappa shape index (κ3) is 6.76. The first kappa shape index (κ1) is 36.3. The van der Waals surface area contributed by atoms with E-state index in [-0.39, 0.29) is 29.4 Å². The molecular weight excluding hydrogens is 656 g/mol. The van der Waals surface area contributed by atoms with Gasteiger partial charge in [0.1, 0.15) is 5.69 Å².